The van der Waals surface area contributed by atoms with Crippen LogP contribution in [0.25, 0.3) is 0 Å². The molecule has 88 valence electrons. The van der Waals surface area contributed by atoms with Crippen molar-refractivity contribution >= 4 is 23.1 Å². The summed E-state index contributed by atoms with van der Waals surface area (Å²) in [5.41, 5.74) is 5.31. The van der Waals surface area contributed by atoms with Gasteiger partial charge in [-0.3, -0.25) is 4.79 Å². The highest BCUT2D eigenvalue weighted by Gasteiger charge is 2.29. The SMILES string of the molecule is CCC(C)(NC(=O)c1ccsc1)/C(N)=N/O. The zero-order valence-corrected chi connectivity index (χ0v) is 10.0. The standard InChI is InChI=1S/C10H15N3O2S/c1-3-10(2,9(11)13-15)12-8(14)7-4-5-16-6-7/h4-6,15H,3H2,1-2H3,(H2,11,13)(H,12,14). The Morgan fingerprint density at radius 2 is 2.44 bits per heavy atom. The van der Waals surface area contributed by atoms with Crippen LogP contribution < -0.4 is 11.1 Å². The van der Waals surface area contributed by atoms with Crippen molar-refractivity contribution in [3.63, 3.8) is 0 Å². The number of nitrogens with one attached hydrogen (secondary N) is 1. The number of hydrogen-bond acceptors (Lipinski definition) is 4. The summed E-state index contributed by atoms with van der Waals surface area (Å²) in [5, 5.41) is 17.9. The maximum atomic E-state index is 11.8. The van der Waals surface area contributed by atoms with Gasteiger partial charge in [-0.15, -0.1) is 0 Å². The fraction of sp³-hybridized carbons (Fsp3) is 0.400. The summed E-state index contributed by atoms with van der Waals surface area (Å²) in [5.74, 6) is -0.226. The van der Waals surface area contributed by atoms with E-state index in [1.54, 1.807) is 18.4 Å². The van der Waals surface area contributed by atoms with Crippen molar-refractivity contribution in [1.82, 2.24) is 5.32 Å². The molecule has 0 bridgehead atoms. The van der Waals surface area contributed by atoms with Gasteiger partial charge < -0.3 is 16.3 Å². The summed E-state index contributed by atoms with van der Waals surface area (Å²) >= 11 is 1.44. The van der Waals surface area contributed by atoms with Crippen LogP contribution in [0.4, 0.5) is 0 Å². The van der Waals surface area contributed by atoms with E-state index in [2.05, 4.69) is 10.5 Å². The summed E-state index contributed by atoms with van der Waals surface area (Å²) in [4.78, 5) is 11.8. The molecule has 0 fully saturated rings. The van der Waals surface area contributed by atoms with Crippen LogP contribution in [0.5, 0.6) is 0 Å². The molecule has 1 rings (SSSR count). The number of hydrogen-bond donors (Lipinski definition) is 3. The maximum absolute atomic E-state index is 11.8. The van der Waals surface area contributed by atoms with Crippen LogP contribution in [0.3, 0.4) is 0 Å². The van der Waals surface area contributed by atoms with Crippen LogP contribution in [0.2, 0.25) is 0 Å². The Labute approximate surface area is 98.0 Å². The second kappa shape index (κ2) is 4.98. The van der Waals surface area contributed by atoms with Gasteiger partial charge in [0.1, 0.15) is 0 Å². The van der Waals surface area contributed by atoms with Crippen LogP contribution in [0.15, 0.2) is 22.0 Å². The lowest BCUT2D eigenvalue weighted by molar-refractivity contribution is 0.0925. The molecule has 0 aliphatic carbocycles. The molecule has 1 heterocycles. The van der Waals surface area contributed by atoms with E-state index in [4.69, 9.17) is 10.9 Å². The van der Waals surface area contributed by atoms with Gasteiger partial charge in [-0.1, -0.05) is 12.1 Å². The average Bonchev–Trinajstić information content (AvgIpc) is 2.81. The van der Waals surface area contributed by atoms with Crippen LogP contribution in [-0.4, -0.2) is 22.5 Å². The van der Waals surface area contributed by atoms with Crippen LogP contribution in [0, 0.1) is 0 Å². The number of rotatable bonds is 4. The minimum absolute atomic E-state index is 0.00132. The van der Waals surface area contributed by atoms with Gasteiger partial charge in [0, 0.05) is 5.38 Å². The Kier molecular flexibility index (Phi) is 3.89. The van der Waals surface area contributed by atoms with E-state index in [0.717, 1.165) is 0 Å². The predicted octanol–water partition coefficient (Wildman–Crippen LogP) is 1.39. The summed E-state index contributed by atoms with van der Waals surface area (Å²) in [6, 6.07) is 1.72. The van der Waals surface area contributed by atoms with Gasteiger partial charge in [0.05, 0.1) is 11.1 Å². The molecule has 1 atom stereocenters. The quantitative estimate of drug-likeness (QED) is 0.322. The molecule has 0 aliphatic rings. The Bertz CT molecular complexity index is 389. The first-order valence-corrected chi connectivity index (χ1v) is 5.80. The van der Waals surface area contributed by atoms with Gasteiger partial charge in [0.25, 0.3) is 5.91 Å². The zero-order chi connectivity index (χ0) is 12.2. The number of carbonyl (C=O) groups is 1. The third kappa shape index (κ3) is 2.52. The van der Waals surface area contributed by atoms with E-state index >= 15 is 0 Å². The molecule has 0 aromatic carbocycles. The number of carbonyl (C=O) groups excluding carboxylic acids is 1. The number of thiophene rings is 1. The van der Waals surface area contributed by atoms with Crippen molar-refractivity contribution in [3.8, 4) is 0 Å². The average molecular weight is 241 g/mol. The van der Waals surface area contributed by atoms with Crippen LogP contribution >= 0.6 is 11.3 Å². The van der Waals surface area contributed by atoms with E-state index < -0.39 is 5.54 Å². The van der Waals surface area contributed by atoms with Crippen molar-refractivity contribution in [1.29, 1.82) is 0 Å². The van der Waals surface area contributed by atoms with Crippen LogP contribution in [0.1, 0.15) is 30.6 Å². The Balaban J connectivity index is 2.82. The molecule has 5 nitrogen and oxygen atoms in total. The second-order valence-corrected chi connectivity index (χ2v) is 4.42. The Morgan fingerprint density at radius 1 is 1.75 bits per heavy atom. The normalized spacial score (nSPS) is 15.5. The molecule has 1 aromatic rings. The molecule has 0 aliphatic heterocycles. The lowest BCUT2D eigenvalue weighted by Crippen LogP contribution is -2.54. The minimum Gasteiger partial charge on any atom is -0.409 e. The molecule has 1 unspecified atom stereocenters. The number of nitrogens with zero attached hydrogens (tertiary/aromatic N) is 1. The molecule has 6 heteroatoms. The summed E-state index contributed by atoms with van der Waals surface area (Å²) in [6.45, 7) is 3.57. The summed E-state index contributed by atoms with van der Waals surface area (Å²) in [6.07, 6.45) is 0.540. The molecule has 0 saturated heterocycles. The zero-order valence-electron chi connectivity index (χ0n) is 9.23. The van der Waals surface area contributed by atoms with Crippen molar-refractivity contribution in [3.05, 3.63) is 22.4 Å². The largest absolute Gasteiger partial charge is 0.409 e. The maximum Gasteiger partial charge on any atom is 0.252 e. The summed E-state index contributed by atoms with van der Waals surface area (Å²) < 4.78 is 0. The van der Waals surface area contributed by atoms with Crippen molar-refractivity contribution < 1.29 is 10.0 Å². The van der Waals surface area contributed by atoms with Gasteiger partial charge in [0.2, 0.25) is 0 Å². The van der Waals surface area contributed by atoms with Gasteiger partial charge in [-0.2, -0.15) is 11.3 Å². The first kappa shape index (κ1) is 12.5. The molecular weight excluding hydrogens is 226 g/mol. The second-order valence-electron chi connectivity index (χ2n) is 3.64. The first-order chi connectivity index (χ1) is 7.53. The molecular formula is C10H15N3O2S. The highest BCUT2D eigenvalue weighted by atomic mass is 32.1. The molecule has 0 radical (unpaired) electrons. The smallest absolute Gasteiger partial charge is 0.252 e. The fourth-order valence-corrected chi connectivity index (χ4v) is 1.80. The topological polar surface area (TPSA) is 87.7 Å². The molecule has 0 spiro atoms. The number of oxime groups is 1. The monoisotopic (exact) mass is 241 g/mol. The lowest BCUT2D eigenvalue weighted by atomic mass is 9.97. The van der Waals surface area contributed by atoms with Crippen molar-refractivity contribution in [2.45, 2.75) is 25.8 Å². The van der Waals surface area contributed by atoms with Crippen LogP contribution in [-0.2, 0) is 0 Å². The fourth-order valence-electron chi connectivity index (χ4n) is 1.16. The molecule has 16 heavy (non-hydrogen) atoms. The molecule has 1 aromatic heterocycles. The van der Waals surface area contributed by atoms with Gasteiger partial charge in [-0.05, 0) is 24.8 Å². The van der Waals surface area contributed by atoms with E-state index in [9.17, 15) is 4.79 Å². The third-order valence-corrected chi connectivity index (χ3v) is 3.24. The number of amides is 1. The summed E-state index contributed by atoms with van der Waals surface area (Å²) in [7, 11) is 0. The molecule has 4 N–H and O–H groups in total. The van der Waals surface area contributed by atoms with Gasteiger partial charge in [-0.25, -0.2) is 0 Å². The van der Waals surface area contributed by atoms with E-state index in [1.165, 1.54) is 11.3 Å². The van der Waals surface area contributed by atoms with Gasteiger partial charge in [0.15, 0.2) is 5.84 Å². The van der Waals surface area contributed by atoms with Crippen molar-refractivity contribution in [2.75, 3.05) is 0 Å². The highest BCUT2D eigenvalue weighted by Crippen LogP contribution is 2.12. The number of nitrogens with two attached hydrogens (primary N) is 1. The predicted molar refractivity (Wildman–Crippen MR) is 63.9 cm³/mol. The van der Waals surface area contributed by atoms with E-state index in [0.29, 0.717) is 12.0 Å². The van der Waals surface area contributed by atoms with Gasteiger partial charge >= 0.3 is 0 Å². The first-order valence-electron chi connectivity index (χ1n) is 4.86. The van der Waals surface area contributed by atoms with Crippen molar-refractivity contribution in [2.24, 2.45) is 10.9 Å². The third-order valence-electron chi connectivity index (χ3n) is 2.55. The number of amidine groups is 1. The molecule has 0 saturated carbocycles. The van der Waals surface area contributed by atoms with E-state index in [-0.39, 0.29) is 11.7 Å². The highest BCUT2D eigenvalue weighted by molar-refractivity contribution is 7.08. The molecule has 1 amide bonds. The Morgan fingerprint density at radius 3 is 2.88 bits per heavy atom. The lowest BCUT2D eigenvalue weighted by Gasteiger charge is -2.27. The minimum atomic E-state index is -0.826. The Hall–Kier alpha value is -1.56. The van der Waals surface area contributed by atoms with E-state index in [1.807, 2.05) is 12.3 Å².